The van der Waals surface area contributed by atoms with Crippen LogP contribution in [-0.2, 0) is 4.74 Å². The van der Waals surface area contributed by atoms with Crippen LogP contribution < -0.4 is 0 Å². The van der Waals surface area contributed by atoms with Gasteiger partial charge in [-0.15, -0.1) is 0 Å². The highest BCUT2D eigenvalue weighted by Crippen LogP contribution is 2.14. The lowest BCUT2D eigenvalue weighted by atomic mass is 10.1. The van der Waals surface area contributed by atoms with Gasteiger partial charge in [0.1, 0.15) is 0 Å². The Morgan fingerprint density at radius 2 is 0.786 bits per heavy atom. The van der Waals surface area contributed by atoms with Gasteiger partial charge in [-0.1, -0.05) is 136 Å². The van der Waals surface area contributed by atoms with E-state index < -0.39 is 6.29 Å². The zero-order valence-corrected chi connectivity index (χ0v) is 19.7. The molecule has 0 saturated heterocycles. The molecule has 0 spiro atoms. The van der Waals surface area contributed by atoms with Gasteiger partial charge < -0.3 is 9.84 Å². The van der Waals surface area contributed by atoms with E-state index >= 15 is 0 Å². The molecular formula is C26H54O2. The first kappa shape index (κ1) is 27.9. The standard InChI is InChI=1S/C26H54O2/c1-3-5-7-9-11-13-15-16-18-20-22-24-26(27)28-25-23-21-19-17-14-12-10-8-6-4-2/h26-27H,3-25H2,1-2H3. The quantitative estimate of drug-likeness (QED) is 0.130. The molecule has 0 heterocycles. The molecule has 170 valence electrons. The number of hydrogen-bond donors (Lipinski definition) is 1. The summed E-state index contributed by atoms with van der Waals surface area (Å²) < 4.78 is 5.56. The molecule has 0 aliphatic carbocycles. The van der Waals surface area contributed by atoms with Gasteiger partial charge in [-0.05, 0) is 19.3 Å². The molecule has 1 N–H and O–H groups in total. The number of aliphatic hydroxyl groups excluding tert-OH is 1. The molecule has 0 radical (unpaired) electrons. The minimum Gasteiger partial charge on any atom is -0.368 e. The van der Waals surface area contributed by atoms with Gasteiger partial charge in [0.05, 0.1) is 0 Å². The highest BCUT2D eigenvalue weighted by molar-refractivity contribution is 4.51. The third-order valence-electron chi connectivity index (χ3n) is 5.86. The fraction of sp³-hybridized carbons (Fsp3) is 1.00. The molecule has 0 aromatic rings. The van der Waals surface area contributed by atoms with E-state index in [9.17, 15) is 5.11 Å². The summed E-state index contributed by atoms with van der Waals surface area (Å²) in [7, 11) is 0. The van der Waals surface area contributed by atoms with Gasteiger partial charge in [0, 0.05) is 6.61 Å². The summed E-state index contributed by atoms with van der Waals surface area (Å²) in [5.74, 6) is 0. The number of unbranched alkanes of at least 4 members (excludes halogenated alkanes) is 19. The number of aliphatic hydroxyl groups is 1. The highest BCUT2D eigenvalue weighted by atomic mass is 16.6. The van der Waals surface area contributed by atoms with Crippen LogP contribution in [0.25, 0.3) is 0 Å². The van der Waals surface area contributed by atoms with E-state index in [0.29, 0.717) is 0 Å². The molecule has 0 aliphatic heterocycles. The van der Waals surface area contributed by atoms with E-state index in [4.69, 9.17) is 4.74 Å². The van der Waals surface area contributed by atoms with Crippen molar-refractivity contribution in [3.8, 4) is 0 Å². The van der Waals surface area contributed by atoms with Crippen molar-refractivity contribution in [1.82, 2.24) is 0 Å². The number of ether oxygens (including phenoxy) is 1. The van der Waals surface area contributed by atoms with Gasteiger partial charge >= 0.3 is 0 Å². The molecular weight excluding hydrogens is 344 g/mol. The van der Waals surface area contributed by atoms with Crippen LogP contribution in [0, 0.1) is 0 Å². The van der Waals surface area contributed by atoms with Crippen molar-refractivity contribution in [2.24, 2.45) is 0 Å². The maximum absolute atomic E-state index is 9.91. The molecule has 0 fully saturated rings. The van der Waals surface area contributed by atoms with Crippen molar-refractivity contribution >= 4 is 0 Å². The molecule has 0 aromatic heterocycles. The Labute approximate surface area is 178 Å². The maximum Gasteiger partial charge on any atom is 0.154 e. The molecule has 0 saturated carbocycles. The Morgan fingerprint density at radius 3 is 1.18 bits per heavy atom. The van der Waals surface area contributed by atoms with Gasteiger partial charge in [0.2, 0.25) is 0 Å². The molecule has 0 bridgehead atoms. The SMILES string of the molecule is CCCCCCCCCCCCCC(O)OCCCCCCCCCCCC. The molecule has 0 aromatic carbocycles. The summed E-state index contributed by atoms with van der Waals surface area (Å²) in [6, 6.07) is 0. The summed E-state index contributed by atoms with van der Waals surface area (Å²) in [5, 5.41) is 9.91. The zero-order valence-electron chi connectivity index (χ0n) is 19.7. The lowest BCUT2D eigenvalue weighted by Gasteiger charge is -2.12. The van der Waals surface area contributed by atoms with E-state index in [0.717, 1.165) is 25.9 Å². The fourth-order valence-corrected chi connectivity index (χ4v) is 3.88. The highest BCUT2D eigenvalue weighted by Gasteiger charge is 2.03. The molecule has 0 aliphatic rings. The maximum atomic E-state index is 9.91. The summed E-state index contributed by atoms with van der Waals surface area (Å²) in [6.07, 6.45) is 28.6. The average Bonchev–Trinajstić information content (AvgIpc) is 2.70. The normalized spacial score (nSPS) is 12.5. The van der Waals surface area contributed by atoms with E-state index in [1.165, 1.54) is 122 Å². The molecule has 28 heavy (non-hydrogen) atoms. The lowest BCUT2D eigenvalue weighted by Crippen LogP contribution is -2.12. The molecule has 0 rings (SSSR count). The van der Waals surface area contributed by atoms with Gasteiger partial charge in [-0.2, -0.15) is 0 Å². The van der Waals surface area contributed by atoms with E-state index in [1.807, 2.05) is 0 Å². The third-order valence-corrected chi connectivity index (χ3v) is 5.86. The van der Waals surface area contributed by atoms with E-state index in [1.54, 1.807) is 0 Å². The Hall–Kier alpha value is -0.0800. The number of rotatable bonds is 24. The summed E-state index contributed by atoms with van der Waals surface area (Å²) in [4.78, 5) is 0. The van der Waals surface area contributed by atoms with Crippen LogP contribution in [0.1, 0.15) is 155 Å². The van der Waals surface area contributed by atoms with Gasteiger partial charge in [-0.25, -0.2) is 0 Å². The van der Waals surface area contributed by atoms with Gasteiger partial charge in [-0.3, -0.25) is 0 Å². The smallest absolute Gasteiger partial charge is 0.154 e. The van der Waals surface area contributed by atoms with Crippen molar-refractivity contribution in [2.45, 2.75) is 161 Å². The molecule has 1 atom stereocenters. The lowest BCUT2D eigenvalue weighted by molar-refractivity contribution is -0.105. The van der Waals surface area contributed by atoms with Crippen molar-refractivity contribution in [3.63, 3.8) is 0 Å². The topological polar surface area (TPSA) is 29.5 Å². The van der Waals surface area contributed by atoms with Crippen molar-refractivity contribution in [3.05, 3.63) is 0 Å². The molecule has 0 amide bonds. The predicted octanol–water partition coefficient (Wildman–Crippen LogP) is 8.94. The first-order valence-corrected chi connectivity index (χ1v) is 13.1. The molecule has 2 heteroatoms. The monoisotopic (exact) mass is 398 g/mol. The van der Waals surface area contributed by atoms with Crippen molar-refractivity contribution in [1.29, 1.82) is 0 Å². The summed E-state index contributed by atoms with van der Waals surface area (Å²) >= 11 is 0. The van der Waals surface area contributed by atoms with Crippen LogP contribution in [0.5, 0.6) is 0 Å². The van der Waals surface area contributed by atoms with Gasteiger partial charge in [0.25, 0.3) is 0 Å². The van der Waals surface area contributed by atoms with Crippen LogP contribution in [0.15, 0.2) is 0 Å². The minimum absolute atomic E-state index is 0.530. The third kappa shape index (κ3) is 24.0. The van der Waals surface area contributed by atoms with Crippen LogP contribution in [0.2, 0.25) is 0 Å². The second kappa shape index (κ2) is 25.0. The Kier molecular flexibility index (Phi) is 24.9. The second-order valence-corrected chi connectivity index (χ2v) is 8.83. The Bertz CT molecular complexity index is 241. The Morgan fingerprint density at radius 1 is 0.464 bits per heavy atom. The van der Waals surface area contributed by atoms with Crippen LogP contribution in [-0.4, -0.2) is 18.0 Å². The first-order chi connectivity index (χ1) is 13.8. The largest absolute Gasteiger partial charge is 0.368 e. The number of hydrogen-bond acceptors (Lipinski definition) is 2. The van der Waals surface area contributed by atoms with Crippen molar-refractivity contribution < 1.29 is 9.84 Å². The van der Waals surface area contributed by atoms with E-state index in [2.05, 4.69) is 13.8 Å². The van der Waals surface area contributed by atoms with Crippen molar-refractivity contribution in [2.75, 3.05) is 6.61 Å². The predicted molar refractivity (Wildman–Crippen MR) is 125 cm³/mol. The Balaban J connectivity index is 3.12. The fourth-order valence-electron chi connectivity index (χ4n) is 3.88. The molecule has 1 unspecified atom stereocenters. The van der Waals surface area contributed by atoms with Crippen LogP contribution in [0.3, 0.4) is 0 Å². The average molecular weight is 399 g/mol. The minimum atomic E-state index is -0.530. The van der Waals surface area contributed by atoms with Crippen LogP contribution >= 0.6 is 0 Å². The van der Waals surface area contributed by atoms with Crippen LogP contribution in [0.4, 0.5) is 0 Å². The van der Waals surface area contributed by atoms with E-state index in [-0.39, 0.29) is 0 Å². The first-order valence-electron chi connectivity index (χ1n) is 13.1. The summed E-state index contributed by atoms with van der Waals surface area (Å²) in [6.45, 7) is 5.28. The molecule has 2 nitrogen and oxygen atoms in total. The summed E-state index contributed by atoms with van der Waals surface area (Å²) in [5.41, 5.74) is 0. The zero-order chi connectivity index (χ0) is 20.5. The van der Waals surface area contributed by atoms with Gasteiger partial charge in [0.15, 0.2) is 6.29 Å². The second-order valence-electron chi connectivity index (χ2n) is 8.83.